The summed E-state index contributed by atoms with van der Waals surface area (Å²) in [7, 11) is 1.64. The Morgan fingerprint density at radius 3 is 2.92 bits per heavy atom. The lowest BCUT2D eigenvalue weighted by Crippen LogP contribution is -2.37. The first kappa shape index (κ1) is 16.2. The van der Waals surface area contributed by atoms with Crippen molar-refractivity contribution < 1.29 is 4.74 Å². The van der Waals surface area contributed by atoms with Crippen LogP contribution < -0.4 is 10.5 Å². The van der Waals surface area contributed by atoms with Crippen LogP contribution in [0.5, 0.6) is 0 Å². The highest BCUT2D eigenvalue weighted by Gasteiger charge is 2.29. The average molecular weight is 341 g/mol. The van der Waals surface area contributed by atoms with Crippen molar-refractivity contribution >= 4 is 5.82 Å². The van der Waals surface area contributed by atoms with Gasteiger partial charge in [0.05, 0.1) is 18.3 Å². The largest absolute Gasteiger partial charge is 0.377 e. The van der Waals surface area contributed by atoms with Gasteiger partial charge in [-0.25, -0.2) is 14.6 Å². The first-order valence-electron chi connectivity index (χ1n) is 8.90. The van der Waals surface area contributed by atoms with Crippen LogP contribution in [0, 0.1) is 0 Å². The van der Waals surface area contributed by atoms with Gasteiger partial charge >= 0.3 is 0 Å². The highest BCUT2D eigenvalue weighted by atomic mass is 16.5. The molecule has 1 saturated carbocycles. The molecule has 1 atom stereocenters. The number of hydrogen-bond acceptors (Lipinski definition) is 6. The average Bonchev–Trinajstić information content (AvgIpc) is 3.37. The Balaban J connectivity index is 1.55. The van der Waals surface area contributed by atoms with Gasteiger partial charge in [0.25, 0.3) is 5.56 Å². The van der Waals surface area contributed by atoms with Gasteiger partial charge in [-0.05, 0) is 37.8 Å². The third kappa shape index (κ3) is 3.56. The van der Waals surface area contributed by atoms with Crippen molar-refractivity contribution in [2.45, 2.75) is 50.8 Å². The number of rotatable bonds is 6. The third-order valence-electron chi connectivity index (χ3n) is 4.90. The molecular formula is C18H23N5O2. The van der Waals surface area contributed by atoms with E-state index in [4.69, 9.17) is 4.74 Å². The Hall–Kier alpha value is -2.28. The van der Waals surface area contributed by atoms with Gasteiger partial charge < -0.3 is 9.64 Å². The quantitative estimate of drug-likeness (QED) is 0.797. The molecule has 0 radical (unpaired) electrons. The van der Waals surface area contributed by atoms with Crippen LogP contribution in [0.4, 0.5) is 5.82 Å². The molecule has 0 spiro atoms. The fraction of sp³-hybridized carbons (Fsp3) is 0.556. The predicted octanol–water partition coefficient (Wildman–Crippen LogP) is 1.73. The molecule has 7 heteroatoms. The molecule has 132 valence electrons. The molecule has 4 rings (SSSR count). The molecular weight excluding hydrogens is 318 g/mol. The molecule has 1 aliphatic heterocycles. The van der Waals surface area contributed by atoms with Crippen molar-refractivity contribution in [2.24, 2.45) is 0 Å². The van der Waals surface area contributed by atoms with Crippen LogP contribution in [0.25, 0.3) is 0 Å². The van der Waals surface area contributed by atoms with E-state index in [0.29, 0.717) is 24.9 Å². The smallest absolute Gasteiger partial charge is 0.266 e. The van der Waals surface area contributed by atoms with Crippen molar-refractivity contribution in [2.75, 3.05) is 18.6 Å². The maximum absolute atomic E-state index is 12.2. The number of aromatic nitrogens is 4. The van der Waals surface area contributed by atoms with Gasteiger partial charge in [0.15, 0.2) is 5.82 Å². The van der Waals surface area contributed by atoms with E-state index in [2.05, 4.69) is 20.0 Å². The lowest BCUT2D eigenvalue weighted by atomic mass is 10.2. The Morgan fingerprint density at radius 1 is 1.24 bits per heavy atom. The minimum atomic E-state index is -0.0287. The summed E-state index contributed by atoms with van der Waals surface area (Å²) >= 11 is 0. The fourth-order valence-corrected chi connectivity index (χ4v) is 3.47. The van der Waals surface area contributed by atoms with E-state index in [-0.39, 0.29) is 11.6 Å². The summed E-state index contributed by atoms with van der Waals surface area (Å²) in [5.41, 5.74) is 1.02. The SMILES string of the molecule is COCc1nccc(N2CCCC2Cn2nc(C3CC3)ccc2=O)n1. The van der Waals surface area contributed by atoms with Crippen LogP contribution in [-0.2, 0) is 17.9 Å². The lowest BCUT2D eigenvalue weighted by molar-refractivity contribution is 0.178. The van der Waals surface area contributed by atoms with E-state index >= 15 is 0 Å². The zero-order valence-corrected chi connectivity index (χ0v) is 14.5. The monoisotopic (exact) mass is 341 g/mol. The van der Waals surface area contributed by atoms with E-state index < -0.39 is 0 Å². The fourth-order valence-electron chi connectivity index (χ4n) is 3.47. The van der Waals surface area contributed by atoms with Crippen molar-refractivity contribution in [1.82, 2.24) is 19.7 Å². The maximum Gasteiger partial charge on any atom is 0.266 e. The first-order valence-corrected chi connectivity index (χ1v) is 8.90. The van der Waals surface area contributed by atoms with Gasteiger partial charge in [-0.15, -0.1) is 0 Å². The Bertz CT molecular complexity index is 802. The zero-order chi connectivity index (χ0) is 17.2. The molecule has 1 aliphatic carbocycles. The van der Waals surface area contributed by atoms with E-state index in [0.717, 1.165) is 30.9 Å². The van der Waals surface area contributed by atoms with Crippen LogP contribution in [0.2, 0.25) is 0 Å². The predicted molar refractivity (Wildman–Crippen MR) is 93.6 cm³/mol. The normalized spacial score (nSPS) is 20.2. The van der Waals surface area contributed by atoms with Crippen LogP contribution in [0.15, 0.2) is 29.2 Å². The molecule has 2 aromatic heterocycles. The molecule has 3 heterocycles. The standard InChI is InChI=1S/C18H23N5O2/c1-25-12-16-19-9-8-17(20-16)22-10-2-3-14(22)11-23-18(24)7-6-15(21-23)13-4-5-13/h6-9,13-14H,2-5,10-12H2,1H3. The summed E-state index contributed by atoms with van der Waals surface area (Å²) < 4.78 is 6.76. The third-order valence-corrected chi connectivity index (χ3v) is 4.90. The van der Waals surface area contributed by atoms with E-state index in [9.17, 15) is 4.79 Å². The molecule has 2 fully saturated rings. The van der Waals surface area contributed by atoms with E-state index in [1.165, 1.54) is 12.8 Å². The van der Waals surface area contributed by atoms with Crippen molar-refractivity contribution in [1.29, 1.82) is 0 Å². The van der Waals surface area contributed by atoms with Gasteiger partial charge in [-0.2, -0.15) is 5.10 Å². The van der Waals surface area contributed by atoms with Gasteiger partial charge in [-0.3, -0.25) is 4.79 Å². The minimum absolute atomic E-state index is 0.0287. The highest BCUT2D eigenvalue weighted by molar-refractivity contribution is 5.40. The summed E-state index contributed by atoms with van der Waals surface area (Å²) in [4.78, 5) is 23.3. The summed E-state index contributed by atoms with van der Waals surface area (Å²) in [6.45, 7) is 1.94. The van der Waals surface area contributed by atoms with Crippen molar-refractivity contribution in [3.05, 3.63) is 46.3 Å². The lowest BCUT2D eigenvalue weighted by Gasteiger charge is -2.26. The first-order chi connectivity index (χ1) is 12.2. The zero-order valence-electron chi connectivity index (χ0n) is 14.5. The van der Waals surface area contributed by atoms with Gasteiger partial charge in [0.2, 0.25) is 0 Å². The molecule has 1 saturated heterocycles. The number of hydrogen-bond donors (Lipinski definition) is 0. The molecule has 0 bridgehead atoms. The van der Waals surface area contributed by atoms with Crippen LogP contribution in [0.1, 0.15) is 43.1 Å². The van der Waals surface area contributed by atoms with Gasteiger partial charge in [0.1, 0.15) is 12.4 Å². The van der Waals surface area contributed by atoms with Crippen molar-refractivity contribution in [3.8, 4) is 0 Å². The van der Waals surface area contributed by atoms with Crippen LogP contribution in [-0.4, -0.2) is 39.4 Å². The summed E-state index contributed by atoms with van der Waals surface area (Å²) in [5.74, 6) is 2.12. The Labute approximate surface area is 146 Å². The Kier molecular flexibility index (Phi) is 4.48. The number of ether oxygens (including phenoxy) is 1. The number of anilines is 1. The topological polar surface area (TPSA) is 73.1 Å². The number of methoxy groups -OCH3 is 1. The van der Waals surface area contributed by atoms with E-state index in [1.807, 2.05) is 12.1 Å². The molecule has 7 nitrogen and oxygen atoms in total. The van der Waals surface area contributed by atoms with Crippen LogP contribution >= 0.6 is 0 Å². The summed E-state index contributed by atoms with van der Waals surface area (Å²) in [6.07, 6.45) is 6.26. The second-order valence-electron chi connectivity index (χ2n) is 6.81. The van der Waals surface area contributed by atoms with E-state index in [1.54, 1.807) is 24.1 Å². The minimum Gasteiger partial charge on any atom is -0.377 e. The Morgan fingerprint density at radius 2 is 2.12 bits per heavy atom. The molecule has 2 aromatic rings. The van der Waals surface area contributed by atoms with Crippen LogP contribution in [0.3, 0.4) is 0 Å². The maximum atomic E-state index is 12.2. The van der Waals surface area contributed by atoms with Crippen molar-refractivity contribution in [3.63, 3.8) is 0 Å². The second-order valence-corrected chi connectivity index (χ2v) is 6.81. The molecule has 0 amide bonds. The number of nitrogens with zero attached hydrogens (tertiary/aromatic N) is 5. The summed E-state index contributed by atoms with van der Waals surface area (Å²) in [6, 6.07) is 5.69. The molecule has 1 unspecified atom stereocenters. The molecule has 0 N–H and O–H groups in total. The molecule has 0 aromatic carbocycles. The molecule has 25 heavy (non-hydrogen) atoms. The highest BCUT2D eigenvalue weighted by Crippen LogP contribution is 2.38. The van der Waals surface area contributed by atoms with Gasteiger partial charge in [-0.1, -0.05) is 0 Å². The summed E-state index contributed by atoms with van der Waals surface area (Å²) in [5, 5.41) is 4.60. The molecule has 2 aliphatic rings. The second kappa shape index (κ2) is 6.92. The van der Waals surface area contributed by atoms with Gasteiger partial charge in [0, 0.05) is 31.8 Å².